The molecule has 0 bridgehead atoms. The number of hydrogen-bond acceptors (Lipinski definition) is 7. The fourth-order valence-electron chi connectivity index (χ4n) is 2.09. The summed E-state index contributed by atoms with van der Waals surface area (Å²) in [6.07, 6.45) is 1.26. The Morgan fingerprint density at radius 1 is 1.15 bits per heavy atom. The molecule has 0 unspecified atom stereocenters. The number of pyridine rings is 1. The minimum atomic E-state index is -1.17. The quantitative estimate of drug-likeness (QED) is 0.586. The van der Waals surface area contributed by atoms with Crippen molar-refractivity contribution in [3.05, 3.63) is 64.3 Å². The van der Waals surface area contributed by atoms with E-state index in [1.165, 1.54) is 18.3 Å². The van der Waals surface area contributed by atoms with Gasteiger partial charge < -0.3 is 16.2 Å². The number of carbonyl (C=O) groups is 2. The predicted octanol–water partition coefficient (Wildman–Crippen LogP) is 3.07. The second kappa shape index (κ2) is 6.84. The predicted molar refractivity (Wildman–Crippen MR) is 90.8 cm³/mol. The monoisotopic (exact) mass is 376 g/mol. The molecular weight excluding hydrogens is 366 g/mol. The summed E-state index contributed by atoms with van der Waals surface area (Å²) in [5, 5.41) is 11.8. The number of carboxylic acid groups (broad SMARTS) is 1. The molecule has 3 aromatic rings. The van der Waals surface area contributed by atoms with Crippen LogP contribution in [-0.4, -0.2) is 26.8 Å². The molecule has 2 aromatic heterocycles. The number of ketones is 1. The highest BCUT2D eigenvalue weighted by atomic mass is 32.1. The van der Waals surface area contributed by atoms with Crippen LogP contribution in [0.5, 0.6) is 0 Å². The van der Waals surface area contributed by atoms with Gasteiger partial charge in [0.15, 0.2) is 5.13 Å². The number of halogens is 2. The number of nitrogens with one attached hydrogen (secondary N) is 1. The summed E-state index contributed by atoms with van der Waals surface area (Å²) >= 11 is 0.811. The summed E-state index contributed by atoms with van der Waals surface area (Å²) in [6, 6.07) is 5.83. The van der Waals surface area contributed by atoms with Crippen LogP contribution < -0.4 is 11.1 Å². The van der Waals surface area contributed by atoms with Crippen LogP contribution in [0, 0.1) is 11.6 Å². The van der Waals surface area contributed by atoms with E-state index < -0.39 is 29.0 Å². The maximum atomic E-state index is 13.8. The lowest BCUT2D eigenvalue weighted by atomic mass is 10.1. The third-order valence-corrected chi connectivity index (χ3v) is 4.27. The highest BCUT2D eigenvalue weighted by molar-refractivity contribution is 7.18. The zero-order chi connectivity index (χ0) is 18.8. The van der Waals surface area contributed by atoms with Gasteiger partial charge in [0.05, 0.1) is 17.4 Å². The molecule has 132 valence electrons. The minimum Gasteiger partial charge on any atom is -0.477 e. The molecular formula is C16H10F2N4O3S. The second-order valence-corrected chi connectivity index (χ2v) is 6.02. The molecule has 0 aliphatic carbocycles. The number of carbonyl (C=O) groups excluding carboxylic acids is 1. The zero-order valence-corrected chi connectivity index (χ0v) is 13.7. The van der Waals surface area contributed by atoms with Crippen molar-refractivity contribution in [3.63, 3.8) is 0 Å². The Balaban J connectivity index is 1.87. The van der Waals surface area contributed by atoms with Gasteiger partial charge in [-0.25, -0.2) is 23.5 Å². The topological polar surface area (TPSA) is 118 Å². The van der Waals surface area contributed by atoms with Crippen molar-refractivity contribution in [1.29, 1.82) is 0 Å². The highest BCUT2D eigenvalue weighted by Crippen LogP contribution is 2.30. The van der Waals surface area contributed by atoms with Crippen LogP contribution in [0.3, 0.4) is 0 Å². The van der Waals surface area contributed by atoms with Gasteiger partial charge in [0, 0.05) is 0 Å². The summed E-state index contributed by atoms with van der Waals surface area (Å²) in [5.41, 5.74) is 5.25. The number of nitrogen functional groups attached to an aromatic ring is 1. The Hall–Kier alpha value is -3.40. The fourth-order valence-corrected chi connectivity index (χ4v) is 2.95. The third kappa shape index (κ3) is 3.35. The molecule has 0 radical (unpaired) electrons. The van der Waals surface area contributed by atoms with Crippen LogP contribution in [0.1, 0.15) is 25.7 Å². The van der Waals surface area contributed by atoms with Crippen molar-refractivity contribution in [3.8, 4) is 0 Å². The first-order chi connectivity index (χ1) is 12.4. The maximum Gasteiger partial charge on any atom is 0.354 e. The molecule has 0 fully saturated rings. The lowest BCUT2D eigenvalue weighted by Gasteiger charge is -2.02. The molecule has 10 heteroatoms. The number of nitrogens with two attached hydrogens (primary N) is 1. The maximum absolute atomic E-state index is 13.8. The molecule has 0 spiro atoms. The molecule has 0 saturated heterocycles. The first-order valence-corrected chi connectivity index (χ1v) is 7.90. The normalized spacial score (nSPS) is 10.5. The van der Waals surface area contributed by atoms with Crippen molar-refractivity contribution in [2.75, 3.05) is 11.1 Å². The average Bonchev–Trinajstić information content (AvgIpc) is 2.95. The largest absolute Gasteiger partial charge is 0.477 e. The Kier molecular flexibility index (Phi) is 4.59. The van der Waals surface area contributed by atoms with Crippen LogP contribution in [0.4, 0.5) is 25.4 Å². The summed E-state index contributed by atoms with van der Waals surface area (Å²) in [5.74, 6) is -4.25. The SMILES string of the molecule is Nc1nc(Nc2ccc(C(=O)O)nc2)sc1C(=O)c1c(F)cccc1F. The van der Waals surface area contributed by atoms with E-state index in [-0.39, 0.29) is 21.5 Å². The van der Waals surface area contributed by atoms with E-state index in [9.17, 15) is 18.4 Å². The van der Waals surface area contributed by atoms with Gasteiger partial charge in [0.25, 0.3) is 0 Å². The standard InChI is InChI=1S/C16H10F2N4O3S/c17-8-2-1-3-9(18)11(8)12(23)13-14(19)22-16(26-13)21-7-4-5-10(15(24)25)20-6-7/h1-6H,19H2,(H,21,22)(H,24,25). The van der Waals surface area contributed by atoms with Gasteiger partial charge >= 0.3 is 5.97 Å². The summed E-state index contributed by atoms with van der Waals surface area (Å²) in [7, 11) is 0. The first kappa shape index (κ1) is 17.4. The number of hydrogen-bond donors (Lipinski definition) is 3. The van der Waals surface area contributed by atoms with Crippen molar-refractivity contribution in [1.82, 2.24) is 9.97 Å². The van der Waals surface area contributed by atoms with Gasteiger partial charge in [0.2, 0.25) is 5.78 Å². The van der Waals surface area contributed by atoms with Crippen LogP contribution in [0.25, 0.3) is 0 Å². The number of carboxylic acids is 1. The third-order valence-electron chi connectivity index (χ3n) is 3.28. The summed E-state index contributed by atoms with van der Waals surface area (Å²) in [6.45, 7) is 0. The van der Waals surface area contributed by atoms with E-state index >= 15 is 0 Å². The van der Waals surface area contributed by atoms with Crippen LogP contribution in [0.2, 0.25) is 0 Å². The van der Waals surface area contributed by atoms with Gasteiger partial charge in [0.1, 0.15) is 28.0 Å². The Morgan fingerprint density at radius 3 is 2.42 bits per heavy atom. The number of rotatable bonds is 5. The number of aromatic nitrogens is 2. The first-order valence-electron chi connectivity index (χ1n) is 7.08. The summed E-state index contributed by atoms with van der Waals surface area (Å²) in [4.78, 5) is 30.7. The Morgan fingerprint density at radius 2 is 1.85 bits per heavy atom. The number of nitrogens with zero attached hydrogens (tertiary/aromatic N) is 2. The van der Waals surface area contributed by atoms with Gasteiger partial charge in [-0.2, -0.15) is 0 Å². The lowest BCUT2D eigenvalue weighted by Crippen LogP contribution is -2.07. The molecule has 7 nitrogen and oxygen atoms in total. The molecule has 0 atom stereocenters. The zero-order valence-electron chi connectivity index (χ0n) is 12.9. The molecule has 3 rings (SSSR count). The van der Waals surface area contributed by atoms with Gasteiger partial charge in [-0.05, 0) is 24.3 Å². The van der Waals surface area contributed by atoms with Gasteiger partial charge in [-0.1, -0.05) is 17.4 Å². The molecule has 4 N–H and O–H groups in total. The van der Waals surface area contributed by atoms with E-state index in [4.69, 9.17) is 10.8 Å². The molecule has 26 heavy (non-hydrogen) atoms. The van der Waals surface area contributed by atoms with Crippen molar-refractivity contribution >= 4 is 39.7 Å². The minimum absolute atomic E-state index is 0.119. The van der Waals surface area contributed by atoms with Crippen molar-refractivity contribution < 1.29 is 23.5 Å². The van der Waals surface area contributed by atoms with Gasteiger partial charge in [-0.15, -0.1) is 0 Å². The second-order valence-electron chi connectivity index (χ2n) is 5.02. The molecule has 2 heterocycles. The average molecular weight is 376 g/mol. The number of aromatic carboxylic acids is 1. The Labute approximate surface area is 149 Å². The molecule has 1 aromatic carbocycles. The van der Waals surface area contributed by atoms with Crippen molar-refractivity contribution in [2.45, 2.75) is 0 Å². The molecule has 0 amide bonds. The van der Waals surface area contributed by atoms with E-state index in [0.29, 0.717) is 5.69 Å². The molecule has 0 aliphatic heterocycles. The summed E-state index contributed by atoms with van der Waals surface area (Å²) < 4.78 is 27.6. The molecule has 0 aliphatic rings. The number of thiazole rings is 1. The number of anilines is 3. The fraction of sp³-hybridized carbons (Fsp3) is 0. The van der Waals surface area contributed by atoms with E-state index in [1.807, 2.05) is 0 Å². The smallest absolute Gasteiger partial charge is 0.354 e. The van der Waals surface area contributed by atoms with Crippen molar-refractivity contribution in [2.24, 2.45) is 0 Å². The van der Waals surface area contributed by atoms with Gasteiger partial charge in [-0.3, -0.25) is 4.79 Å². The Bertz CT molecular complexity index is 985. The van der Waals surface area contributed by atoms with E-state index in [1.54, 1.807) is 0 Å². The molecule has 0 saturated carbocycles. The van der Waals surface area contributed by atoms with Crippen LogP contribution in [0.15, 0.2) is 36.5 Å². The van der Waals surface area contributed by atoms with E-state index in [2.05, 4.69) is 15.3 Å². The van der Waals surface area contributed by atoms with Crippen LogP contribution >= 0.6 is 11.3 Å². The van der Waals surface area contributed by atoms with Crippen LogP contribution in [-0.2, 0) is 0 Å². The highest BCUT2D eigenvalue weighted by Gasteiger charge is 2.24. The number of benzene rings is 1. The van der Waals surface area contributed by atoms with E-state index in [0.717, 1.165) is 29.5 Å². The lowest BCUT2D eigenvalue weighted by molar-refractivity contribution is 0.0690.